The number of para-hydroxylation sites is 1. The van der Waals surface area contributed by atoms with Gasteiger partial charge in [0.1, 0.15) is 11.2 Å². The minimum atomic E-state index is -0.723. The number of carbonyl (C=O) groups excluding carboxylic acids is 3. The second kappa shape index (κ2) is 11.3. The first kappa shape index (κ1) is 26.1. The lowest BCUT2D eigenvalue weighted by molar-refractivity contribution is -0.191. The van der Waals surface area contributed by atoms with Gasteiger partial charge in [-0.1, -0.05) is 48.5 Å². The number of likely N-dealkylation sites (N-methyl/N-ethyl adjacent to an activating group) is 1. The van der Waals surface area contributed by atoms with Crippen LogP contribution in [0.1, 0.15) is 19.4 Å². The summed E-state index contributed by atoms with van der Waals surface area (Å²) in [6.07, 6.45) is 5.21. The van der Waals surface area contributed by atoms with Gasteiger partial charge in [0.25, 0.3) is 5.91 Å². The fourth-order valence-corrected chi connectivity index (χ4v) is 4.83. The van der Waals surface area contributed by atoms with Crippen LogP contribution in [0.4, 0.5) is 5.69 Å². The number of amides is 1. The smallest absolute Gasteiger partial charge is 0.373 e. The molecule has 1 amide bonds. The summed E-state index contributed by atoms with van der Waals surface area (Å²) in [4.78, 5) is 31.5. The number of nitrogens with zero attached hydrogens (tertiary/aromatic N) is 1. The summed E-state index contributed by atoms with van der Waals surface area (Å²) in [5.41, 5.74) is 2.55. The van der Waals surface area contributed by atoms with Gasteiger partial charge in [-0.2, -0.15) is 9.59 Å². The predicted molar refractivity (Wildman–Crippen MR) is 135 cm³/mol. The Hall–Kier alpha value is -3.51. The van der Waals surface area contributed by atoms with Crippen LogP contribution >= 0.6 is 0 Å². The lowest BCUT2D eigenvalue weighted by Gasteiger charge is -2.36. The average molecular weight is 476 g/mol. The first-order chi connectivity index (χ1) is 16.8. The van der Waals surface area contributed by atoms with Crippen molar-refractivity contribution in [3.8, 4) is 0 Å². The van der Waals surface area contributed by atoms with Gasteiger partial charge in [0.15, 0.2) is 0 Å². The van der Waals surface area contributed by atoms with Crippen molar-refractivity contribution in [1.29, 1.82) is 0 Å². The lowest BCUT2D eigenvalue weighted by atomic mass is 9.77. The molecule has 7 heteroatoms. The third kappa shape index (κ3) is 5.77. The number of hydrogen-bond acceptors (Lipinski definition) is 6. The van der Waals surface area contributed by atoms with E-state index in [0.29, 0.717) is 6.54 Å². The van der Waals surface area contributed by atoms with Crippen LogP contribution in [0.5, 0.6) is 0 Å². The Morgan fingerprint density at radius 2 is 1.63 bits per heavy atom. The van der Waals surface area contributed by atoms with E-state index in [1.165, 1.54) is 5.56 Å². The minimum absolute atomic E-state index is 0.0451. The van der Waals surface area contributed by atoms with E-state index in [0.717, 1.165) is 29.8 Å². The second-order valence-electron chi connectivity index (χ2n) is 9.23. The van der Waals surface area contributed by atoms with E-state index in [9.17, 15) is 4.79 Å². The number of rotatable bonds is 9. The number of nitrogens with one attached hydrogen (secondary N) is 2. The molecule has 0 aliphatic carbocycles. The number of anilines is 1. The molecule has 2 aliphatic heterocycles. The van der Waals surface area contributed by atoms with Crippen LogP contribution in [0, 0.1) is 0 Å². The van der Waals surface area contributed by atoms with Gasteiger partial charge >= 0.3 is 6.15 Å². The SMILES string of the molecule is CC1=C(C(=O)NCCN(C)C)C2(C)C=CC1(C(Cc1ccccc1)Nc1ccccc1)O2.O=C=O. The van der Waals surface area contributed by atoms with Crippen LogP contribution in [-0.2, 0) is 25.5 Å². The zero-order chi connectivity index (χ0) is 25.5. The summed E-state index contributed by atoms with van der Waals surface area (Å²) in [7, 11) is 4.00. The molecular weight excluding hydrogens is 442 g/mol. The van der Waals surface area contributed by atoms with Gasteiger partial charge in [-0.25, -0.2) is 0 Å². The fourth-order valence-electron chi connectivity index (χ4n) is 4.83. The maximum absolute atomic E-state index is 13.2. The maximum atomic E-state index is 13.2. The molecule has 0 radical (unpaired) electrons. The Morgan fingerprint density at radius 3 is 2.23 bits per heavy atom. The molecule has 3 unspecified atom stereocenters. The van der Waals surface area contributed by atoms with Crippen molar-refractivity contribution in [1.82, 2.24) is 10.2 Å². The van der Waals surface area contributed by atoms with Crippen molar-refractivity contribution >= 4 is 17.7 Å². The zero-order valence-corrected chi connectivity index (χ0v) is 20.7. The molecule has 2 aromatic carbocycles. The molecular formula is C28H33N3O4. The maximum Gasteiger partial charge on any atom is 0.373 e. The Labute approximate surface area is 206 Å². The van der Waals surface area contributed by atoms with Gasteiger partial charge in [0.2, 0.25) is 0 Å². The topological polar surface area (TPSA) is 87.7 Å². The summed E-state index contributed by atoms with van der Waals surface area (Å²) < 4.78 is 6.71. The first-order valence-electron chi connectivity index (χ1n) is 11.7. The van der Waals surface area contributed by atoms with E-state index in [-0.39, 0.29) is 18.1 Å². The minimum Gasteiger partial charge on any atom is -0.378 e. The molecule has 7 nitrogen and oxygen atoms in total. The van der Waals surface area contributed by atoms with E-state index in [1.54, 1.807) is 0 Å². The van der Waals surface area contributed by atoms with Crippen LogP contribution in [-0.4, -0.2) is 61.4 Å². The largest absolute Gasteiger partial charge is 0.378 e. The molecule has 3 atom stereocenters. The highest BCUT2D eigenvalue weighted by Gasteiger charge is 2.58. The number of fused-ring (bicyclic) bond motifs is 2. The molecule has 2 N–H and O–H groups in total. The fraction of sp³-hybridized carbons (Fsp3) is 0.357. The van der Waals surface area contributed by atoms with Crippen LogP contribution in [0.15, 0.2) is 84.0 Å². The van der Waals surface area contributed by atoms with Gasteiger partial charge in [-0.3, -0.25) is 4.79 Å². The Balaban J connectivity index is 0.00000108. The van der Waals surface area contributed by atoms with Gasteiger partial charge in [0, 0.05) is 18.8 Å². The summed E-state index contributed by atoms with van der Waals surface area (Å²) >= 11 is 0. The van der Waals surface area contributed by atoms with Crippen molar-refractivity contribution in [2.45, 2.75) is 37.5 Å². The predicted octanol–water partition coefficient (Wildman–Crippen LogP) is 3.22. The molecule has 0 fully saturated rings. The Bertz CT molecular complexity index is 1070. The third-order valence-corrected chi connectivity index (χ3v) is 6.47. The quantitative estimate of drug-likeness (QED) is 0.542. The van der Waals surface area contributed by atoms with E-state index in [1.807, 2.05) is 58.3 Å². The highest BCUT2D eigenvalue weighted by molar-refractivity contribution is 5.98. The molecule has 184 valence electrons. The Morgan fingerprint density at radius 1 is 1.03 bits per heavy atom. The van der Waals surface area contributed by atoms with Crippen molar-refractivity contribution < 1.29 is 19.1 Å². The molecule has 2 heterocycles. The van der Waals surface area contributed by atoms with Gasteiger partial charge in [-0.15, -0.1) is 0 Å². The van der Waals surface area contributed by atoms with Crippen LogP contribution in [0.2, 0.25) is 0 Å². The molecule has 2 aliphatic rings. The second-order valence-corrected chi connectivity index (χ2v) is 9.23. The van der Waals surface area contributed by atoms with E-state index in [2.05, 4.69) is 58.0 Å². The highest BCUT2D eigenvalue weighted by Crippen LogP contribution is 2.52. The van der Waals surface area contributed by atoms with Gasteiger partial charge in [0.05, 0.1) is 11.6 Å². The van der Waals surface area contributed by atoms with Crippen molar-refractivity contribution in [3.63, 3.8) is 0 Å². The zero-order valence-electron chi connectivity index (χ0n) is 20.7. The standard InChI is InChI=1S/C27H33N3O2.CO2/c1-20-24(25(31)28-17-18-30(3)4)26(2)15-16-27(20,32-26)23(19-21-11-7-5-8-12-21)29-22-13-9-6-10-14-22;2-1-3/h5-16,23,29H,17-19H2,1-4H3,(H,28,31);. The molecule has 0 spiro atoms. The van der Waals surface area contributed by atoms with Crippen LogP contribution in [0.3, 0.4) is 0 Å². The van der Waals surface area contributed by atoms with Crippen LogP contribution in [0.25, 0.3) is 0 Å². The highest BCUT2D eigenvalue weighted by atomic mass is 16.5. The average Bonchev–Trinajstić information content (AvgIpc) is 3.30. The van der Waals surface area contributed by atoms with Crippen molar-refractivity contribution in [2.24, 2.45) is 0 Å². The first-order valence-corrected chi connectivity index (χ1v) is 11.7. The monoisotopic (exact) mass is 475 g/mol. The van der Waals surface area contributed by atoms with E-state index < -0.39 is 11.2 Å². The molecule has 0 aromatic heterocycles. The van der Waals surface area contributed by atoms with Gasteiger partial charge in [-0.05, 0) is 69.8 Å². The number of carbonyl (C=O) groups is 1. The summed E-state index contributed by atoms with van der Waals surface area (Å²) in [6.45, 7) is 5.43. The Kier molecular flexibility index (Phi) is 8.41. The van der Waals surface area contributed by atoms with Crippen LogP contribution < -0.4 is 10.6 Å². The molecule has 2 bridgehead atoms. The molecule has 4 rings (SSSR count). The van der Waals surface area contributed by atoms with Crippen molar-refractivity contribution in [3.05, 3.63) is 89.5 Å². The summed E-state index contributed by atoms with van der Waals surface area (Å²) in [5.74, 6) is -0.0451. The number of benzene rings is 2. The molecule has 0 saturated carbocycles. The molecule has 0 saturated heterocycles. The normalized spacial score (nSPS) is 22.9. The molecule has 2 aromatic rings. The van der Waals surface area contributed by atoms with E-state index in [4.69, 9.17) is 14.3 Å². The summed E-state index contributed by atoms with van der Waals surface area (Å²) in [6, 6.07) is 20.5. The lowest BCUT2D eigenvalue weighted by Crippen LogP contribution is -2.47. The number of hydrogen-bond donors (Lipinski definition) is 2. The number of ether oxygens (including phenoxy) is 1. The van der Waals surface area contributed by atoms with E-state index >= 15 is 0 Å². The summed E-state index contributed by atoms with van der Waals surface area (Å²) in [5, 5.41) is 6.78. The van der Waals surface area contributed by atoms with Crippen molar-refractivity contribution in [2.75, 3.05) is 32.5 Å². The molecule has 35 heavy (non-hydrogen) atoms. The third-order valence-electron chi connectivity index (χ3n) is 6.47. The van der Waals surface area contributed by atoms with Gasteiger partial charge < -0.3 is 20.3 Å².